The Balaban J connectivity index is 2.92. The van der Waals surface area contributed by atoms with Gasteiger partial charge in [-0.3, -0.25) is 9.59 Å². The molecular formula is C12H18F2O5. The molecule has 0 aliphatic carbocycles. The third-order valence-corrected chi connectivity index (χ3v) is 3.11. The van der Waals surface area contributed by atoms with Gasteiger partial charge in [0.15, 0.2) is 0 Å². The van der Waals surface area contributed by atoms with Crippen LogP contribution in [0, 0.1) is 11.8 Å². The Labute approximate surface area is 110 Å². The fourth-order valence-corrected chi connectivity index (χ4v) is 2.22. The Morgan fingerprint density at radius 1 is 1.05 bits per heavy atom. The van der Waals surface area contributed by atoms with E-state index in [-0.39, 0.29) is 0 Å². The fourth-order valence-electron chi connectivity index (χ4n) is 2.22. The van der Waals surface area contributed by atoms with Gasteiger partial charge in [0.2, 0.25) is 6.29 Å². The Hall–Kier alpha value is -1.24. The van der Waals surface area contributed by atoms with Gasteiger partial charge in [-0.05, 0) is 0 Å². The molecular weight excluding hydrogens is 262 g/mol. The molecule has 0 aromatic carbocycles. The minimum absolute atomic E-state index is 0.516. The summed E-state index contributed by atoms with van der Waals surface area (Å²) in [5, 5.41) is 0. The van der Waals surface area contributed by atoms with E-state index in [1.165, 1.54) is 13.8 Å². The molecule has 0 bridgehead atoms. The van der Waals surface area contributed by atoms with Crippen LogP contribution in [0.5, 0.6) is 0 Å². The smallest absolute Gasteiger partial charge is 0.304 e. The first-order chi connectivity index (χ1) is 8.73. The Bertz CT molecular complexity index is 347. The van der Waals surface area contributed by atoms with E-state index in [1.807, 2.05) is 0 Å². The highest BCUT2D eigenvalue weighted by atomic mass is 19.3. The van der Waals surface area contributed by atoms with Crippen molar-refractivity contribution < 1.29 is 32.6 Å². The average molecular weight is 280 g/mol. The lowest BCUT2D eigenvalue weighted by Crippen LogP contribution is -2.54. The van der Waals surface area contributed by atoms with E-state index in [4.69, 9.17) is 14.2 Å². The summed E-state index contributed by atoms with van der Waals surface area (Å²) < 4.78 is 40.9. The molecule has 5 atom stereocenters. The Kier molecular flexibility index (Phi) is 5.22. The summed E-state index contributed by atoms with van der Waals surface area (Å²) in [7, 11) is 0. The highest BCUT2D eigenvalue weighted by molar-refractivity contribution is 5.66. The predicted molar refractivity (Wildman–Crippen MR) is 60.3 cm³/mol. The first-order valence-corrected chi connectivity index (χ1v) is 6.02. The Morgan fingerprint density at radius 2 is 1.58 bits per heavy atom. The number of esters is 2. The van der Waals surface area contributed by atoms with E-state index in [1.54, 1.807) is 6.92 Å². The van der Waals surface area contributed by atoms with E-state index >= 15 is 0 Å². The highest BCUT2D eigenvalue weighted by Crippen LogP contribution is 2.35. The van der Waals surface area contributed by atoms with Gasteiger partial charge in [-0.15, -0.1) is 0 Å². The van der Waals surface area contributed by atoms with Crippen LogP contribution in [-0.2, 0) is 23.8 Å². The number of ether oxygens (including phenoxy) is 3. The highest BCUT2D eigenvalue weighted by Gasteiger charge is 2.48. The van der Waals surface area contributed by atoms with Crippen molar-refractivity contribution in [2.45, 2.75) is 52.6 Å². The number of hydrogen-bond donors (Lipinski definition) is 0. The lowest BCUT2D eigenvalue weighted by molar-refractivity contribution is -0.276. The quantitative estimate of drug-likeness (QED) is 0.737. The summed E-state index contributed by atoms with van der Waals surface area (Å²) >= 11 is 0. The number of rotatable bonds is 3. The van der Waals surface area contributed by atoms with E-state index in [9.17, 15) is 18.4 Å². The van der Waals surface area contributed by atoms with E-state index in [2.05, 4.69) is 0 Å². The van der Waals surface area contributed by atoms with Crippen LogP contribution in [0.15, 0.2) is 0 Å². The largest absolute Gasteiger partial charge is 0.462 e. The van der Waals surface area contributed by atoms with Crippen molar-refractivity contribution in [1.82, 2.24) is 0 Å². The summed E-state index contributed by atoms with van der Waals surface area (Å²) in [6.45, 7) is 5.50. The number of alkyl halides is 2. The van der Waals surface area contributed by atoms with Gasteiger partial charge in [0.25, 0.3) is 6.43 Å². The molecule has 0 amide bonds. The molecule has 7 heteroatoms. The van der Waals surface area contributed by atoms with Gasteiger partial charge in [-0.2, -0.15) is 0 Å². The van der Waals surface area contributed by atoms with Crippen molar-refractivity contribution in [2.75, 3.05) is 0 Å². The summed E-state index contributed by atoms with van der Waals surface area (Å²) in [4.78, 5) is 22.0. The molecule has 1 heterocycles. The van der Waals surface area contributed by atoms with Crippen LogP contribution < -0.4 is 0 Å². The van der Waals surface area contributed by atoms with Gasteiger partial charge in [0.05, 0.1) is 5.92 Å². The first kappa shape index (κ1) is 15.8. The van der Waals surface area contributed by atoms with Crippen molar-refractivity contribution >= 4 is 11.9 Å². The normalized spacial score (nSPS) is 35.0. The standard InChI is InChI=1S/C12H18F2O5/c1-5-9(17-7(3)15)6(2)12(18-8(4)16)19-10(5)11(13)14/h5-6,9-12H,1-4H3/t5-,6-,9+,10+,12?/m0/s1. The average Bonchev–Trinajstić information content (AvgIpc) is 2.26. The molecule has 0 spiro atoms. The zero-order valence-electron chi connectivity index (χ0n) is 11.3. The Morgan fingerprint density at radius 3 is 2.00 bits per heavy atom. The maximum Gasteiger partial charge on any atom is 0.304 e. The van der Waals surface area contributed by atoms with Crippen molar-refractivity contribution in [2.24, 2.45) is 11.8 Å². The zero-order valence-corrected chi connectivity index (χ0v) is 11.3. The van der Waals surface area contributed by atoms with Crippen LogP contribution in [0.3, 0.4) is 0 Å². The van der Waals surface area contributed by atoms with Crippen LogP contribution in [0.4, 0.5) is 8.78 Å². The molecule has 1 rings (SSSR count). The number of carbonyl (C=O) groups is 2. The third kappa shape index (κ3) is 3.86. The van der Waals surface area contributed by atoms with Gasteiger partial charge < -0.3 is 14.2 Å². The fraction of sp³-hybridized carbons (Fsp3) is 0.833. The minimum Gasteiger partial charge on any atom is -0.462 e. The molecule has 5 nitrogen and oxygen atoms in total. The maximum atomic E-state index is 12.9. The molecule has 0 aromatic rings. The summed E-state index contributed by atoms with van der Waals surface area (Å²) in [5.74, 6) is -2.41. The maximum absolute atomic E-state index is 12.9. The van der Waals surface area contributed by atoms with Crippen LogP contribution in [0.25, 0.3) is 0 Å². The van der Waals surface area contributed by atoms with E-state index in [0.717, 1.165) is 6.92 Å². The topological polar surface area (TPSA) is 61.8 Å². The molecule has 19 heavy (non-hydrogen) atoms. The molecule has 0 aromatic heterocycles. The van der Waals surface area contributed by atoms with Gasteiger partial charge in [-0.1, -0.05) is 13.8 Å². The molecule has 0 saturated carbocycles. The van der Waals surface area contributed by atoms with E-state index in [0.29, 0.717) is 0 Å². The minimum atomic E-state index is -2.75. The third-order valence-electron chi connectivity index (χ3n) is 3.11. The monoisotopic (exact) mass is 280 g/mol. The second kappa shape index (κ2) is 6.27. The van der Waals surface area contributed by atoms with Gasteiger partial charge in [0, 0.05) is 19.8 Å². The molecule has 0 N–H and O–H groups in total. The summed E-state index contributed by atoms with van der Waals surface area (Å²) in [5.41, 5.74) is 0. The van der Waals surface area contributed by atoms with Crippen LogP contribution >= 0.6 is 0 Å². The van der Waals surface area contributed by atoms with Crippen LogP contribution in [-0.4, -0.2) is 36.9 Å². The summed E-state index contributed by atoms with van der Waals surface area (Å²) in [6.07, 6.45) is -6.12. The molecule has 0 radical (unpaired) electrons. The molecule has 110 valence electrons. The lowest BCUT2D eigenvalue weighted by atomic mass is 9.85. The molecule has 1 saturated heterocycles. The molecule has 1 aliphatic heterocycles. The number of carbonyl (C=O) groups excluding carboxylic acids is 2. The molecule has 1 fully saturated rings. The predicted octanol–water partition coefficient (Wildman–Crippen LogP) is 1.74. The van der Waals surface area contributed by atoms with Crippen LogP contribution in [0.2, 0.25) is 0 Å². The second-order valence-corrected chi connectivity index (χ2v) is 4.71. The van der Waals surface area contributed by atoms with Gasteiger partial charge in [0.1, 0.15) is 12.2 Å². The van der Waals surface area contributed by atoms with E-state index < -0.39 is 48.7 Å². The summed E-state index contributed by atoms with van der Waals surface area (Å²) in [6, 6.07) is 0. The van der Waals surface area contributed by atoms with Crippen molar-refractivity contribution in [1.29, 1.82) is 0 Å². The van der Waals surface area contributed by atoms with Gasteiger partial charge >= 0.3 is 11.9 Å². The SMILES string of the molecule is CC(=O)OC1O[C@@H](C(F)F)[C@@H](C)[C@@H](OC(C)=O)[C@@H]1C. The first-order valence-electron chi connectivity index (χ1n) is 6.02. The second-order valence-electron chi connectivity index (χ2n) is 4.71. The number of halogens is 2. The number of hydrogen-bond acceptors (Lipinski definition) is 5. The van der Waals surface area contributed by atoms with Crippen molar-refractivity contribution in [3.8, 4) is 0 Å². The van der Waals surface area contributed by atoms with Crippen LogP contribution in [0.1, 0.15) is 27.7 Å². The molecule has 1 aliphatic rings. The van der Waals surface area contributed by atoms with Crippen molar-refractivity contribution in [3.63, 3.8) is 0 Å². The van der Waals surface area contributed by atoms with Gasteiger partial charge in [-0.25, -0.2) is 8.78 Å². The van der Waals surface area contributed by atoms with Crippen molar-refractivity contribution in [3.05, 3.63) is 0 Å². The molecule has 1 unspecified atom stereocenters. The lowest BCUT2D eigenvalue weighted by Gasteiger charge is -2.42. The zero-order chi connectivity index (χ0) is 14.7.